The van der Waals surface area contributed by atoms with Crippen molar-refractivity contribution < 1.29 is 0 Å². The van der Waals surface area contributed by atoms with Crippen molar-refractivity contribution in [2.24, 2.45) is 0 Å². The quantitative estimate of drug-likeness (QED) is 0.367. The molecule has 3 aromatic heterocycles. The first-order valence-electron chi connectivity index (χ1n) is 8.52. The summed E-state index contributed by atoms with van der Waals surface area (Å²) >= 11 is 1.84. The minimum absolute atomic E-state index is 0.710. The summed E-state index contributed by atoms with van der Waals surface area (Å²) in [7, 11) is 0. The number of benzene rings is 3. The highest BCUT2D eigenvalue weighted by atomic mass is 32.1. The van der Waals surface area contributed by atoms with Crippen molar-refractivity contribution in [1.82, 2.24) is 14.5 Å². The Hall–Kier alpha value is -3.24. The summed E-state index contributed by atoms with van der Waals surface area (Å²) in [5.74, 6) is 0.710. The Morgan fingerprint density at radius 2 is 1.42 bits per heavy atom. The molecule has 0 aliphatic rings. The van der Waals surface area contributed by atoms with Crippen molar-refractivity contribution in [3.63, 3.8) is 0 Å². The van der Waals surface area contributed by atoms with Gasteiger partial charge in [-0.1, -0.05) is 42.5 Å². The van der Waals surface area contributed by atoms with E-state index in [1.165, 1.54) is 36.5 Å². The minimum Gasteiger partial charge on any atom is -0.277 e. The molecular formula is C22H13N3S. The fraction of sp³-hybridized carbons (Fsp3) is 0. The molecule has 6 aromatic rings. The van der Waals surface area contributed by atoms with Crippen molar-refractivity contribution in [2.75, 3.05) is 0 Å². The minimum atomic E-state index is 0.710. The van der Waals surface area contributed by atoms with Crippen LogP contribution < -0.4 is 0 Å². The van der Waals surface area contributed by atoms with Crippen molar-refractivity contribution in [3.8, 4) is 5.95 Å². The first-order valence-corrected chi connectivity index (χ1v) is 9.34. The first kappa shape index (κ1) is 14.0. The van der Waals surface area contributed by atoms with Crippen LogP contribution >= 0.6 is 11.3 Å². The summed E-state index contributed by atoms with van der Waals surface area (Å²) < 4.78 is 4.80. The van der Waals surface area contributed by atoms with Crippen LogP contribution in [0.25, 0.3) is 47.9 Å². The highest BCUT2D eigenvalue weighted by Gasteiger charge is 2.18. The van der Waals surface area contributed by atoms with Gasteiger partial charge in [-0.25, -0.2) is 9.97 Å². The number of aromatic nitrogens is 3. The monoisotopic (exact) mass is 351 g/mol. The molecule has 3 heterocycles. The van der Waals surface area contributed by atoms with Crippen LogP contribution in [0.3, 0.4) is 0 Å². The summed E-state index contributed by atoms with van der Waals surface area (Å²) in [6.07, 6.45) is 3.60. The zero-order valence-electron chi connectivity index (χ0n) is 13.8. The van der Waals surface area contributed by atoms with Gasteiger partial charge >= 0.3 is 0 Å². The second kappa shape index (κ2) is 5.13. The maximum Gasteiger partial charge on any atom is 0.234 e. The van der Waals surface area contributed by atoms with Crippen LogP contribution in [-0.2, 0) is 0 Å². The van der Waals surface area contributed by atoms with E-state index in [9.17, 15) is 0 Å². The Kier molecular flexibility index (Phi) is 2.76. The van der Waals surface area contributed by atoms with Gasteiger partial charge in [0, 0.05) is 43.3 Å². The Labute approximate surface area is 153 Å². The van der Waals surface area contributed by atoms with Gasteiger partial charge in [0.25, 0.3) is 0 Å². The van der Waals surface area contributed by atoms with Crippen molar-refractivity contribution in [3.05, 3.63) is 79.1 Å². The molecule has 0 fully saturated rings. The van der Waals surface area contributed by atoms with Crippen LogP contribution in [0.5, 0.6) is 0 Å². The van der Waals surface area contributed by atoms with Gasteiger partial charge in [0.1, 0.15) is 0 Å². The van der Waals surface area contributed by atoms with Gasteiger partial charge in [0.2, 0.25) is 5.95 Å². The van der Waals surface area contributed by atoms with Crippen LogP contribution in [0.2, 0.25) is 0 Å². The third-order valence-corrected chi connectivity index (χ3v) is 6.06. The third-order valence-electron chi connectivity index (χ3n) is 4.93. The van der Waals surface area contributed by atoms with E-state index in [1.54, 1.807) is 12.4 Å². The SMILES string of the molecule is c1cnc(-n2c3ccccc3c3ccc4sc5ccccc5c4c32)nc1. The van der Waals surface area contributed by atoms with Crippen molar-refractivity contribution >= 4 is 53.3 Å². The summed E-state index contributed by atoms with van der Waals surface area (Å²) in [5, 5.41) is 5.04. The number of hydrogen-bond acceptors (Lipinski definition) is 3. The van der Waals surface area contributed by atoms with Gasteiger partial charge in [-0.05, 0) is 24.3 Å². The van der Waals surface area contributed by atoms with E-state index in [2.05, 4.69) is 75.2 Å². The molecule has 26 heavy (non-hydrogen) atoms. The van der Waals surface area contributed by atoms with Crippen LogP contribution in [0.15, 0.2) is 79.1 Å². The number of hydrogen-bond donors (Lipinski definition) is 0. The second-order valence-electron chi connectivity index (χ2n) is 6.33. The maximum absolute atomic E-state index is 4.55. The van der Waals surface area contributed by atoms with Crippen LogP contribution in [-0.4, -0.2) is 14.5 Å². The van der Waals surface area contributed by atoms with E-state index in [-0.39, 0.29) is 0 Å². The zero-order chi connectivity index (χ0) is 17.1. The van der Waals surface area contributed by atoms with Gasteiger partial charge in [-0.15, -0.1) is 11.3 Å². The predicted molar refractivity (Wildman–Crippen MR) is 109 cm³/mol. The smallest absolute Gasteiger partial charge is 0.234 e. The molecule has 6 rings (SSSR count). The van der Waals surface area contributed by atoms with Gasteiger partial charge < -0.3 is 0 Å². The lowest BCUT2D eigenvalue weighted by molar-refractivity contribution is 0.991. The van der Waals surface area contributed by atoms with Crippen LogP contribution in [0, 0.1) is 0 Å². The van der Waals surface area contributed by atoms with E-state index in [4.69, 9.17) is 0 Å². The summed E-state index contributed by atoms with van der Waals surface area (Å²) in [5.41, 5.74) is 2.32. The molecule has 0 saturated carbocycles. The lowest BCUT2D eigenvalue weighted by Crippen LogP contribution is -1.99. The molecule has 0 bridgehead atoms. The lowest BCUT2D eigenvalue weighted by atomic mass is 10.1. The molecule has 0 aliphatic carbocycles. The van der Waals surface area contributed by atoms with Gasteiger partial charge in [-0.2, -0.15) is 0 Å². The molecule has 3 aromatic carbocycles. The normalized spacial score (nSPS) is 11.8. The highest BCUT2D eigenvalue weighted by Crippen LogP contribution is 2.42. The van der Waals surface area contributed by atoms with E-state index in [0.29, 0.717) is 5.95 Å². The first-order chi connectivity index (χ1) is 12.9. The third kappa shape index (κ3) is 1.77. The van der Waals surface area contributed by atoms with E-state index >= 15 is 0 Å². The largest absolute Gasteiger partial charge is 0.277 e. The molecule has 0 radical (unpaired) electrons. The Balaban J connectivity index is 1.96. The van der Waals surface area contributed by atoms with E-state index in [0.717, 1.165) is 5.52 Å². The number of nitrogens with zero attached hydrogens (tertiary/aromatic N) is 3. The van der Waals surface area contributed by atoms with Crippen LogP contribution in [0.4, 0.5) is 0 Å². The van der Waals surface area contributed by atoms with Gasteiger partial charge in [0.05, 0.1) is 11.0 Å². The highest BCUT2D eigenvalue weighted by molar-refractivity contribution is 7.26. The predicted octanol–water partition coefficient (Wildman–Crippen LogP) is 5.94. The Morgan fingerprint density at radius 3 is 2.31 bits per heavy atom. The van der Waals surface area contributed by atoms with E-state index in [1.807, 2.05) is 17.4 Å². The number of para-hydroxylation sites is 1. The second-order valence-corrected chi connectivity index (χ2v) is 7.42. The summed E-state index contributed by atoms with van der Waals surface area (Å²) in [4.78, 5) is 9.10. The fourth-order valence-electron chi connectivity index (χ4n) is 3.88. The topological polar surface area (TPSA) is 30.7 Å². The van der Waals surface area contributed by atoms with Crippen molar-refractivity contribution in [2.45, 2.75) is 0 Å². The molecule has 122 valence electrons. The average Bonchev–Trinajstić information content (AvgIpc) is 3.24. The average molecular weight is 351 g/mol. The molecule has 0 unspecified atom stereocenters. The molecule has 0 spiro atoms. The van der Waals surface area contributed by atoms with Gasteiger partial charge in [0.15, 0.2) is 0 Å². The maximum atomic E-state index is 4.55. The molecule has 4 heteroatoms. The standard InChI is InChI=1S/C22H13N3S/c1-3-8-17-14(6-1)15-10-11-19-20(16-7-2-4-9-18(16)26-19)21(15)25(17)22-23-12-5-13-24-22/h1-13H. The molecule has 0 aliphatic heterocycles. The number of rotatable bonds is 1. The molecule has 0 amide bonds. The number of fused-ring (bicyclic) bond motifs is 7. The zero-order valence-corrected chi connectivity index (χ0v) is 14.6. The van der Waals surface area contributed by atoms with Crippen molar-refractivity contribution in [1.29, 1.82) is 0 Å². The Bertz CT molecular complexity index is 1430. The summed E-state index contributed by atoms with van der Waals surface area (Å²) in [6.45, 7) is 0. The molecular weight excluding hydrogens is 338 g/mol. The molecule has 0 N–H and O–H groups in total. The van der Waals surface area contributed by atoms with E-state index < -0.39 is 0 Å². The van der Waals surface area contributed by atoms with Crippen LogP contribution in [0.1, 0.15) is 0 Å². The lowest BCUT2D eigenvalue weighted by Gasteiger charge is -2.06. The Morgan fingerprint density at radius 1 is 0.654 bits per heavy atom. The molecule has 3 nitrogen and oxygen atoms in total. The summed E-state index contributed by atoms with van der Waals surface area (Å²) in [6, 6.07) is 23.4. The molecule has 0 saturated heterocycles. The number of thiophene rings is 1. The molecule has 0 atom stereocenters. The fourth-order valence-corrected chi connectivity index (χ4v) is 4.99. The van der Waals surface area contributed by atoms with Gasteiger partial charge in [-0.3, -0.25) is 4.57 Å².